The number of fused-ring (bicyclic) bond motifs is 1. The van der Waals surface area contributed by atoms with Gasteiger partial charge in [-0.1, -0.05) is 17.7 Å². The van der Waals surface area contributed by atoms with Crippen LogP contribution in [-0.4, -0.2) is 11.6 Å². The van der Waals surface area contributed by atoms with Gasteiger partial charge < -0.3 is 9.88 Å². The Labute approximate surface area is 123 Å². The highest BCUT2D eigenvalue weighted by molar-refractivity contribution is 6.30. The summed E-state index contributed by atoms with van der Waals surface area (Å²) in [5.74, 6) is -0.353. The standard InChI is InChI=1S/C16H18ClFN2/c1-19-16-4-2-3-12-9-20(10-13(12)16)8-11-5-6-14(17)15(18)7-11/h5-7,9-10,16,19H,2-4,8H2,1H3. The van der Waals surface area contributed by atoms with E-state index in [0.717, 1.165) is 12.0 Å². The summed E-state index contributed by atoms with van der Waals surface area (Å²) in [6.45, 7) is 0.678. The van der Waals surface area contributed by atoms with Crippen LogP contribution in [0.1, 0.15) is 35.6 Å². The third kappa shape index (κ3) is 2.60. The second-order valence-electron chi connectivity index (χ2n) is 5.39. The van der Waals surface area contributed by atoms with Gasteiger partial charge in [0.2, 0.25) is 0 Å². The number of nitrogens with one attached hydrogen (secondary N) is 1. The fourth-order valence-electron chi connectivity index (χ4n) is 2.99. The second kappa shape index (κ2) is 5.58. The molecule has 0 aliphatic heterocycles. The summed E-state index contributed by atoms with van der Waals surface area (Å²) in [5, 5.41) is 3.54. The van der Waals surface area contributed by atoms with Crippen LogP contribution in [0.3, 0.4) is 0 Å². The van der Waals surface area contributed by atoms with E-state index >= 15 is 0 Å². The van der Waals surface area contributed by atoms with E-state index in [2.05, 4.69) is 22.3 Å². The average molecular weight is 293 g/mol. The van der Waals surface area contributed by atoms with Crippen molar-refractivity contribution in [3.05, 3.63) is 58.1 Å². The molecule has 1 aromatic carbocycles. The van der Waals surface area contributed by atoms with Crippen molar-refractivity contribution in [2.75, 3.05) is 7.05 Å². The monoisotopic (exact) mass is 292 g/mol. The Kier molecular flexibility index (Phi) is 3.81. The molecule has 0 saturated carbocycles. The van der Waals surface area contributed by atoms with Crippen LogP contribution < -0.4 is 5.32 Å². The molecule has 1 unspecified atom stereocenters. The lowest BCUT2D eigenvalue weighted by atomic mass is 9.91. The number of aromatic nitrogens is 1. The van der Waals surface area contributed by atoms with Crippen LogP contribution in [0.15, 0.2) is 30.6 Å². The van der Waals surface area contributed by atoms with Crippen molar-refractivity contribution in [1.29, 1.82) is 0 Å². The Hall–Kier alpha value is -1.32. The summed E-state index contributed by atoms with van der Waals surface area (Å²) in [4.78, 5) is 0. The van der Waals surface area contributed by atoms with Gasteiger partial charge in [0.05, 0.1) is 5.02 Å². The van der Waals surface area contributed by atoms with Gasteiger partial charge in [-0.25, -0.2) is 4.39 Å². The Balaban J connectivity index is 1.84. The summed E-state index contributed by atoms with van der Waals surface area (Å²) in [6, 6.07) is 5.45. The maximum atomic E-state index is 13.5. The summed E-state index contributed by atoms with van der Waals surface area (Å²) < 4.78 is 15.6. The minimum absolute atomic E-state index is 0.177. The zero-order chi connectivity index (χ0) is 14.1. The largest absolute Gasteiger partial charge is 0.349 e. The number of hydrogen-bond donors (Lipinski definition) is 1. The maximum Gasteiger partial charge on any atom is 0.142 e. The molecule has 0 fully saturated rings. The topological polar surface area (TPSA) is 17.0 Å². The van der Waals surface area contributed by atoms with Crippen LogP contribution >= 0.6 is 11.6 Å². The highest BCUT2D eigenvalue weighted by Crippen LogP contribution is 2.30. The molecule has 0 bridgehead atoms. The Morgan fingerprint density at radius 3 is 3.00 bits per heavy atom. The molecule has 2 nitrogen and oxygen atoms in total. The number of nitrogens with zero attached hydrogens (tertiary/aromatic N) is 1. The van der Waals surface area contributed by atoms with Crippen LogP contribution in [0.5, 0.6) is 0 Å². The minimum Gasteiger partial charge on any atom is -0.349 e. The van der Waals surface area contributed by atoms with Gasteiger partial charge in [-0.05, 0) is 55.1 Å². The third-order valence-corrected chi connectivity index (χ3v) is 4.32. The lowest BCUT2D eigenvalue weighted by molar-refractivity contribution is 0.498. The fraction of sp³-hybridized carbons (Fsp3) is 0.375. The molecule has 3 rings (SSSR count). The third-order valence-electron chi connectivity index (χ3n) is 4.01. The van der Waals surface area contributed by atoms with Crippen LogP contribution in [0.4, 0.5) is 4.39 Å². The Bertz CT molecular complexity index is 621. The van der Waals surface area contributed by atoms with E-state index in [1.165, 1.54) is 30.0 Å². The fourth-order valence-corrected chi connectivity index (χ4v) is 3.11. The molecular weight excluding hydrogens is 275 g/mol. The summed E-state index contributed by atoms with van der Waals surface area (Å²) in [5.41, 5.74) is 3.72. The summed E-state index contributed by atoms with van der Waals surface area (Å²) in [7, 11) is 2.01. The average Bonchev–Trinajstić information content (AvgIpc) is 2.85. The first-order valence-electron chi connectivity index (χ1n) is 6.97. The molecule has 0 amide bonds. The van der Waals surface area contributed by atoms with Crippen LogP contribution in [0, 0.1) is 5.82 Å². The first-order valence-corrected chi connectivity index (χ1v) is 7.35. The molecule has 1 atom stereocenters. The zero-order valence-electron chi connectivity index (χ0n) is 11.5. The van der Waals surface area contributed by atoms with Gasteiger partial charge in [0.15, 0.2) is 0 Å². The molecule has 0 spiro atoms. The molecule has 1 aliphatic rings. The number of benzene rings is 1. The maximum absolute atomic E-state index is 13.5. The lowest BCUT2D eigenvalue weighted by Crippen LogP contribution is -2.20. The minimum atomic E-state index is -0.353. The van der Waals surface area contributed by atoms with Gasteiger partial charge in [0.1, 0.15) is 5.82 Å². The first kappa shape index (κ1) is 13.7. The number of aryl methyl sites for hydroxylation is 1. The Morgan fingerprint density at radius 1 is 1.40 bits per heavy atom. The SMILES string of the molecule is CNC1CCCc2cn(Cc3ccc(Cl)c(F)c3)cc21. The Morgan fingerprint density at radius 2 is 2.25 bits per heavy atom. The van der Waals surface area contributed by atoms with Gasteiger partial charge in [-0.3, -0.25) is 0 Å². The molecule has 0 radical (unpaired) electrons. The van der Waals surface area contributed by atoms with Gasteiger partial charge >= 0.3 is 0 Å². The summed E-state index contributed by atoms with van der Waals surface area (Å²) >= 11 is 5.71. The molecule has 20 heavy (non-hydrogen) atoms. The summed E-state index contributed by atoms with van der Waals surface area (Å²) in [6.07, 6.45) is 7.91. The van der Waals surface area contributed by atoms with Crippen molar-refractivity contribution >= 4 is 11.6 Å². The normalized spacial score (nSPS) is 18.1. The van der Waals surface area contributed by atoms with Crippen LogP contribution in [0.25, 0.3) is 0 Å². The van der Waals surface area contributed by atoms with E-state index in [-0.39, 0.29) is 10.8 Å². The predicted octanol–water partition coefficient (Wildman–Crippen LogP) is 3.93. The molecule has 1 aliphatic carbocycles. The van der Waals surface area contributed by atoms with Crippen LogP contribution in [-0.2, 0) is 13.0 Å². The van der Waals surface area contributed by atoms with E-state index in [4.69, 9.17) is 11.6 Å². The number of rotatable bonds is 3. The smallest absolute Gasteiger partial charge is 0.142 e. The zero-order valence-corrected chi connectivity index (χ0v) is 12.3. The molecule has 1 heterocycles. The van der Waals surface area contributed by atoms with Gasteiger partial charge in [0, 0.05) is 25.0 Å². The quantitative estimate of drug-likeness (QED) is 0.907. The molecular formula is C16H18ClFN2. The second-order valence-corrected chi connectivity index (χ2v) is 5.80. The highest BCUT2D eigenvalue weighted by Gasteiger charge is 2.20. The predicted molar refractivity (Wildman–Crippen MR) is 79.7 cm³/mol. The highest BCUT2D eigenvalue weighted by atomic mass is 35.5. The molecule has 0 saturated heterocycles. The van der Waals surface area contributed by atoms with Gasteiger partial charge in [-0.2, -0.15) is 0 Å². The molecule has 2 aromatic rings. The van der Waals surface area contributed by atoms with Crippen molar-refractivity contribution in [1.82, 2.24) is 9.88 Å². The van der Waals surface area contributed by atoms with Crippen LogP contribution in [0.2, 0.25) is 5.02 Å². The van der Waals surface area contributed by atoms with E-state index in [1.807, 2.05) is 13.1 Å². The van der Waals surface area contributed by atoms with Crippen molar-refractivity contribution in [2.24, 2.45) is 0 Å². The van der Waals surface area contributed by atoms with E-state index in [0.29, 0.717) is 12.6 Å². The van der Waals surface area contributed by atoms with E-state index in [1.54, 1.807) is 6.07 Å². The van der Waals surface area contributed by atoms with Crippen molar-refractivity contribution in [3.8, 4) is 0 Å². The van der Waals surface area contributed by atoms with E-state index < -0.39 is 0 Å². The lowest BCUT2D eigenvalue weighted by Gasteiger charge is -2.21. The van der Waals surface area contributed by atoms with Crippen molar-refractivity contribution in [2.45, 2.75) is 31.8 Å². The molecule has 1 aromatic heterocycles. The van der Waals surface area contributed by atoms with Crippen molar-refractivity contribution in [3.63, 3.8) is 0 Å². The molecule has 106 valence electrons. The molecule has 1 N–H and O–H groups in total. The number of hydrogen-bond acceptors (Lipinski definition) is 1. The van der Waals surface area contributed by atoms with Crippen molar-refractivity contribution < 1.29 is 4.39 Å². The molecule has 4 heteroatoms. The van der Waals surface area contributed by atoms with Gasteiger partial charge in [0.25, 0.3) is 0 Å². The number of halogens is 2. The van der Waals surface area contributed by atoms with E-state index in [9.17, 15) is 4.39 Å². The van der Waals surface area contributed by atoms with Gasteiger partial charge in [-0.15, -0.1) is 0 Å². The first-order chi connectivity index (χ1) is 9.67.